The Balaban J connectivity index is 1.95. The number of halogens is 3. The van der Waals surface area contributed by atoms with E-state index in [0.717, 1.165) is 12.3 Å². The quantitative estimate of drug-likeness (QED) is 0.667. The van der Waals surface area contributed by atoms with E-state index in [9.17, 15) is 22.6 Å². The number of hydrogen-bond donors (Lipinski definition) is 1. The van der Waals surface area contributed by atoms with Crippen LogP contribution in [0.4, 0.5) is 13.2 Å². The highest BCUT2D eigenvalue weighted by atomic mass is 32.2. The van der Waals surface area contributed by atoms with Crippen molar-refractivity contribution < 1.29 is 17.4 Å². The molecule has 1 atom stereocenters. The molecule has 3 aromatic rings. The summed E-state index contributed by atoms with van der Waals surface area (Å²) in [5.74, 6) is 0.180. The predicted molar refractivity (Wildman–Crippen MR) is 103 cm³/mol. The van der Waals surface area contributed by atoms with Crippen LogP contribution < -0.4 is 0 Å². The Morgan fingerprint density at radius 1 is 1.30 bits per heavy atom. The minimum atomic E-state index is -4.56. The molecule has 0 aliphatic heterocycles. The Bertz CT molecular complexity index is 1320. The van der Waals surface area contributed by atoms with Crippen LogP contribution in [0.2, 0.25) is 0 Å². The highest BCUT2D eigenvalue weighted by molar-refractivity contribution is 7.92. The molecule has 156 valence electrons. The number of fused-ring (bicyclic) bond motifs is 1. The van der Waals surface area contributed by atoms with Crippen molar-refractivity contribution in [2.45, 2.75) is 36.3 Å². The van der Waals surface area contributed by atoms with Crippen molar-refractivity contribution in [2.75, 3.05) is 5.75 Å². The fourth-order valence-electron chi connectivity index (χ4n) is 3.31. The maximum Gasteiger partial charge on any atom is 0.417 e. The average Bonchev–Trinajstić information content (AvgIpc) is 3.45. The molecule has 0 bridgehead atoms. The highest BCUT2D eigenvalue weighted by Crippen LogP contribution is 2.48. The summed E-state index contributed by atoms with van der Waals surface area (Å²) in [4.78, 5) is 12.6. The number of pyridine rings is 2. The van der Waals surface area contributed by atoms with E-state index in [1.54, 1.807) is 20.0 Å². The molecule has 3 heterocycles. The van der Waals surface area contributed by atoms with E-state index >= 15 is 0 Å². The molecule has 1 N–H and O–H groups in total. The lowest BCUT2D eigenvalue weighted by molar-refractivity contribution is -0.137. The molecule has 0 spiro atoms. The zero-order valence-electron chi connectivity index (χ0n) is 16.1. The first-order valence-electron chi connectivity index (χ1n) is 9.11. The molecule has 1 saturated carbocycles. The number of rotatable bonds is 4. The van der Waals surface area contributed by atoms with Gasteiger partial charge in [0.25, 0.3) is 0 Å². The van der Waals surface area contributed by atoms with Crippen LogP contribution in [0.25, 0.3) is 22.7 Å². The van der Waals surface area contributed by atoms with Gasteiger partial charge in [0.2, 0.25) is 0 Å². The molecule has 1 aliphatic rings. The van der Waals surface area contributed by atoms with Crippen LogP contribution in [0.5, 0.6) is 0 Å². The van der Waals surface area contributed by atoms with Gasteiger partial charge in [-0.3, -0.25) is 4.98 Å². The van der Waals surface area contributed by atoms with Crippen molar-refractivity contribution >= 4 is 20.9 Å². The first kappa shape index (κ1) is 20.3. The lowest BCUT2D eigenvalue weighted by Gasteiger charge is -2.14. The topological polar surface area (TPSA) is 108 Å². The number of aryl methyl sites for hydroxylation is 1. The predicted octanol–water partition coefficient (Wildman–Crippen LogP) is 4.03. The number of nitrogens with one attached hydrogen (secondary N) is 1. The number of hydrogen-bond acceptors (Lipinski definition) is 6. The highest BCUT2D eigenvalue weighted by Gasteiger charge is 2.46. The standard InChI is InChI=1S/C19H17F3N6OS/c1-3-30(24,29)14-7-11(18(10-23)4-5-18)8-25-15(14)17-27-13-6-12(19(20,21)22)9-26-16(13)28(17)2/h6-9,24H,3-5H2,1-2H3. The van der Waals surface area contributed by atoms with Crippen LogP contribution in [0.3, 0.4) is 0 Å². The number of nitriles is 1. The van der Waals surface area contributed by atoms with Crippen molar-refractivity contribution in [3.8, 4) is 17.6 Å². The van der Waals surface area contributed by atoms with E-state index in [1.807, 2.05) is 0 Å². The largest absolute Gasteiger partial charge is 0.417 e. The SMILES string of the molecule is CCS(=N)(=O)c1cc(C2(C#N)CC2)cnc1-c1nc2cc(C(F)(F)F)cnc2n1C. The van der Waals surface area contributed by atoms with Gasteiger partial charge < -0.3 is 4.57 Å². The van der Waals surface area contributed by atoms with Crippen LogP contribution in [0.1, 0.15) is 30.9 Å². The molecule has 1 fully saturated rings. The minimum Gasteiger partial charge on any atom is -0.310 e. The molecule has 0 radical (unpaired) electrons. The fraction of sp³-hybridized carbons (Fsp3) is 0.368. The van der Waals surface area contributed by atoms with Crippen molar-refractivity contribution in [3.63, 3.8) is 0 Å². The first-order chi connectivity index (χ1) is 14.0. The summed E-state index contributed by atoms with van der Waals surface area (Å²) in [6, 6.07) is 4.70. The van der Waals surface area contributed by atoms with Gasteiger partial charge in [-0.05, 0) is 30.5 Å². The lowest BCUT2D eigenvalue weighted by atomic mass is 9.99. The summed E-state index contributed by atoms with van der Waals surface area (Å²) < 4.78 is 61.9. The van der Waals surface area contributed by atoms with E-state index in [-0.39, 0.29) is 33.3 Å². The summed E-state index contributed by atoms with van der Waals surface area (Å²) >= 11 is 0. The van der Waals surface area contributed by atoms with Crippen molar-refractivity contribution in [1.29, 1.82) is 10.0 Å². The van der Waals surface area contributed by atoms with E-state index in [1.165, 1.54) is 10.8 Å². The lowest BCUT2D eigenvalue weighted by Crippen LogP contribution is -2.11. The van der Waals surface area contributed by atoms with Crippen LogP contribution in [0.15, 0.2) is 29.4 Å². The van der Waals surface area contributed by atoms with Gasteiger partial charge in [0.05, 0.1) is 31.7 Å². The van der Waals surface area contributed by atoms with E-state index in [2.05, 4.69) is 21.0 Å². The Labute approximate surface area is 170 Å². The molecule has 0 saturated heterocycles. The number of imidazole rings is 1. The fourth-order valence-corrected chi connectivity index (χ4v) is 4.40. The maximum atomic E-state index is 13.0. The molecule has 0 amide bonds. The summed E-state index contributed by atoms with van der Waals surface area (Å²) in [5, 5.41) is 9.47. The normalized spacial score (nSPS) is 17.5. The zero-order valence-corrected chi connectivity index (χ0v) is 16.9. The molecular formula is C19H17F3N6OS. The second-order valence-corrected chi connectivity index (χ2v) is 9.66. The van der Waals surface area contributed by atoms with Crippen LogP contribution >= 0.6 is 0 Å². The molecule has 11 heteroatoms. The summed E-state index contributed by atoms with van der Waals surface area (Å²) in [6.07, 6.45) is -1.02. The second-order valence-electron chi connectivity index (χ2n) is 7.29. The third kappa shape index (κ3) is 3.11. The third-order valence-electron chi connectivity index (χ3n) is 5.38. The van der Waals surface area contributed by atoms with Gasteiger partial charge in [0.15, 0.2) is 11.5 Å². The van der Waals surface area contributed by atoms with E-state index < -0.39 is 26.9 Å². The average molecular weight is 434 g/mol. The number of alkyl halides is 3. The molecule has 1 aliphatic carbocycles. The van der Waals surface area contributed by atoms with Crippen LogP contribution in [-0.2, 0) is 28.4 Å². The van der Waals surface area contributed by atoms with Gasteiger partial charge >= 0.3 is 6.18 Å². The van der Waals surface area contributed by atoms with Gasteiger partial charge in [-0.1, -0.05) is 6.92 Å². The molecule has 4 rings (SSSR count). The smallest absolute Gasteiger partial charge is 0.310 e. The Morgan fingerprint density at radius 2 is 2.00 bits per heavy atom. The van der Waals surface area contributed by atoms with Gasteiger partial charge in [-0.2, -0.15) is 18.4 Å². The molecule has 3 aromatic heterocycles. The van der Waals surface area contributed by atoms with Crippen molar-refractivity contribution in [2.24, 2.45) is 7.05 Å². The van der Waals surface area contributed by atoms with E-state index in [0.29, 0.717) is 18.4 Å². The molecule has 30 heavy (non-hydrogen) atoms. The van der Waals surface area contributed by atoms with Crippen LogP contribution in [-0.4, -0.2) is 29.5 Å². The number of nitrogens with zero attached hydrogens (tertiary/aromatic N) is 5. The summed E-state index contributed by atoms with van der Waals surface area (Å²) in [6.45, 7) is 1.61. The van der Waals surface area contributed by atoms with E-state index in [4.69, 9.17) is 4.78 Å². The minimum absolute atomic E-state index is 0.0165. The summed E-state index contributed by atoms with van der Waals surface area (Å²) in [5.41, 5.74) is -0.650. The molecule has 1 unspecified atom stereocenters. The Hall–Kier alpha value is -3.00. The zero-order chi connectivity index (χ0) is 21.9. The van der Waals surface area contributed by atoms with Crippen molar-refractivity contribution in [3.05, 3.63) is 35.7 Å². The first-order valence-corrected chi connectivity index (χ1v) is 10.8. The number of aromatic nitrogens is 4. The van der Waals surface area contributed by atoms with Gasteiger partial charge in [0, 0.05) is 25.2 Å². The summed E-state index contributed by atoms with van der Waals surface area (Å²) in [7, 11) is -1.68. The van der Waals surface area contributed by atoms with Crippen LogP contribution in [0, 0.1) is 16.1 Å². The van der Waals surface area contributed by atoms with Gasteiger partial charge in [-0.25, -0.2) is 19.0 Å². The van der Waals surface area contributed by atoms with Gasteiger partial charge in [0.1, 0.15) is 11.2 Å². The maximum absolute atomic E-state index is 13.0. The molecule has 7 nitrogen and oxygen atoms in total. The second kappa shape index (κ2) is 6.50. The third-order valence-corrected chi connectivity index (χ3v) is 7.21. The molecule has 0 aromatic carbocycles. The Morgan fingerprint density at radius 3 is 2.57 bits per heavy atom. The van der Waals surface area contributed by atoms with Crippen molar-refractivity contribution in [1.82, 2.24) is 19.5 Å². The molecular weight excluding hydrogens is 417 g/mol. The Kier molecular flexibility index (Phi) is 4.39. The monoisotopic (exact) mass is 434 g/mol. The van der Waals surface area contributed by atoms with Gasteiger partial charge in [-0.15, -0.1) is 0 Å².